The van der Waals surface area contributed by atoms with Gasteiger partial charge < -0.3 is 20.1 Å². The smallest absolute Gasteiger partial charge is 0.259 e. The molecule has 0 aliphatic carbocycles. The number of nitrogens with zero attached hydrogens (tertiary/aromatic N) is 1. The Kier molecular flexibility index (Phi) is 2.95. The average Bonchev–Trinajstić information content (AvgIpc) is 2.79. The molecule has 17 heavy (non-hydrogen) atoms. The summed E-state index contributed by atoms with van der Waals surface area (Å²) in [7, 11) is 0. The predicted octanol–water partition coefficient (Wildman–Crippen LogP) is 1.02. The van der Waals surface area contributed by atoms with E-state index in [1.54, 1.807) is 6.07 Å². The van der Waals surface area contributed by atoms with Gasteiger partial charge in [-0.3, -0.25) is 4.79 Å². The van der Waals surface area contributed by atoms with E-state index in [0.29, 0.717) is 5.76 Å². The van der Waals surface area contributed by atoms with Crippen LogP contribution in [0.4, 0.5) is 0 Å². The molecule has 0 radical (unpaired) electrons. The molecule has 6 heteroatoms. The summed E-state index contributed by atoms with van der Waals surface area (Å²) in [6.07, 6.45) is 1.46. The molecule has 0 saturated carbocycles. The number of phenols is 2. The number of nitrogens with one attached hydrogen (secondary N) is 1. The third-order valence-corrected chi connectivity index (χ3v) is 2.16. The van der Waals surface area contributed by atoms with E-state index in [1.807, 2.05) is 0 Å². The number of carbonyl (C=O) groups excluding carboxylic acids is 1. The van der Waals surface area contributed by atoms with Crippen molar-refractivity contribution < 1.29 is 19.5 Å². The Bertz CT molecular complexity index is 502. The predicted molar refractivity (Wildman–Crippen MR) is 57.4 cm³/mol. The lowest BCUT2D eigenvalue weighted by molar-refractivity contribution is 0.0941. The Morgan fingerprint density at radius 1 is 1.29 bits per heavy atom. The van der Waals surface area contributed by atoms with Crippen LogP contribution >= 0.6 is 0 Å². The van der Waals surface area contributed by atoms with Crippen LogP contribution < -0.4 is 5.32 Å². The summed E-state index contributed by atoms with van der Waals surface area (Å²) in [5, 5.41) is 24.9. The lowest BCUT2D eigenvalue weighted by Crippen LogP contribution is -2.22. The second kappa shape index (κ2) is 4.56. The topological polar surface area (TPSA) is 95.6 Å². The number of aromatic hydroxyl groups is 2. The molecule has 1 heterocycles. The molecule has 3 N–H and O–H groups in total. The van der Waals surface area contributed by atoms with Crippen LogP contribution in [-0.2, 0) is 6.54 Å². The van der Waals surface area contributed by atoms with Crippen molar-refractivity contribution in [2.75, 3.05) is 0 Å². The molecule has 0 saturated heterocycles. The van der Waals surface area contributed by atoms with Gasteiger partial charge in [0.25, 0.3) is 5.91 Å². The fourth-order valence-corrected chi connectivity index (χ4v) is 1.35. The second-order valence-corrected chi connectivity index (χ2v) is 3.33. The number of benzene rings is 1. The highest BCUT2D eigenvalue weighted by Crippen LogP contribution is 2.25. The van der Waals surface area contributed by atoms with Crippen LogP contribution in [0.15, 0.2) is 35.0 Å². The van der Waals surface area contributed by atoms with Crippen LogP contribution in [0, 0.1) is 0 Å². The van der Waals surface area contributed by atoms with Crippen LogP contribution in [0.5, 0.6) is 11.5 Å². The molecule has 0 spiro atoms. The zero-order valence-electron chi connectivity index (χ0n) is 8.75. The molecule has 6 nitrogen and oxygen atoms in total. The van der Waals surface area contributed by atoms with E-state index in [2.05, 4.69) is 10.5 Å². The summed E-state index contributed by atoms with van der Waals surface area (Å²) in [5.74, 6) is -0.662. The fourth-order valence-electron chi connectivity index (χ4n) is 1.35. The molecule has 0 unspecified atom stereocenters. The minimum Gasteiger partial charge on any atom is -0.507 e. The van der Waals surface area contributed by atoms with Gasteiger partial charge in [0.2, 0.25) is 0 Å². The Hall–Kier alpha value is -2.50. The highest BCUT2D eigenvalue weighted by Gasteiger charge is 2.15. The maximum Gasteiger partial charge on any atom is 0.259 e. The van der Waals surface area contributed by atoms with Crippen molar-refractivity contribution in [3.05, 3.63) is 41.8 Å². The van der Waals surface area contributed by atoms with Crippen molar-refractivity contribution in [3.8, 4) is 11.5 Å². The van der Waals surface area contributed by atoms with Crippen LogP contribution in [0.3, 0.4) is 0 Å². The van der Waals surface area contributed by atoms with E-state index in [9.17, 15) is 15.0 Å². The maximum absolute atomic E-state index is 11.7. The number of hydrogen-bond donors (Lipinski definition) is 3. The van der Waals surface area contributed by atoms with Gasteiger partial charge in [0.05, 0.1) is 12.7 Å². The average molecular weight is 234 g/mol. The zero-order chi connectivity index (χ0) is 12.3. The molecule has 1 aromatic heterocycles. The summed E-state index contributed by atoms with van der Waals surface area (Å²) in [6, 6.07) is 5.69. The highest BCUT2D eigenvalue weighted by molar-refractivity contribution is 5.99. The quantitative estimate of drug-likeness (QED) is 0.736. The standard InChI is InChI=1S/C11H10N2O4/c14-8-2-1-3-9(15)10(8)11(16)12-6-7-4-5-13-17-7/h1-5,14-15H,6H2,(H,12,16). The van der Waals surface area contributed by atoms with E-state index < -0.39 is 5.91 Å². The van der Waals surface area contributed by atoms with Gasteiger partial charge in [-0.25, -0.2) is 0 Å². The molecule has 0 atom stereocenters. The molecular formula is C11H10N2O4. The van der Waals surface area contributed by atoms with Crippen LogP contribution in [-0.4, -0.2) is 21.3 Å². The zero-order valence-corrected chi connectivity index (χ0v) is 8.75. The maximum atomic E-state index is 11.7. The number of phenolic OH excluding ortho intramolecular Hbond substituents is 2. The van der Waals surface area contributed by atoms with Gasteiger partial charge in [-0.2, -0.15) is 0 Å². The van der Waals surface area contributed by atoms with Gasteiger partial charge in [0.1, 0.15) is 17.1 Å². The summed E-state index contributed by atoms with van der Waals surface area (Å²) in [4.78, 5) is 11.7. The number of hydrogen-bond acceptors (Lipinski definition) is 5. The van der Waals surface area contributed by atoms with Gasteiger partial charge in [-0.05, 0) is 12.1 Å². The first-order valence-electron chi connectivity index (χ1n) is 4.87. The third kappa shape index (κ3) is 2.36. The third-order valence-electron chi connectivity index (χ3n) is 2.16. The van der Waals surface area contributed by atoms with Crippen LogP contribution in [0.1, 0.15) is 16.1 Å². The van der Waals surface area contributed by atoms with E-state index >= 15 is 0 Å². The number of rotatable bonds is 3. The van der Waals surface area contributed by atoms with Gasteiger partial charge in [0.15, 0.2) is 5.76 Å². The summed E-state index contributed by atoms with van der Waals surface area (Å²) < 4.78 is 4.79. The summed E-state index contributed by atoms with van der Waals surface area (Å²) >= 11 is 0. The Labute approximate surface area is 96.5 Å². The number of carbonyl (C=O) groups is 1. The first-order chi connectivity index (χ1) is 8.18. The monoisotopic (exact) mass is 234 g/mol. The van der Waals surface area contributed by atoms with Crippen molar-refractivity contribution in [3.63, 3.8) is 0 Å². The molecule has 88 valence electrons. The molecule has 0 aliphatic heterocycles. The molecular weight excluding hydrogens is 224 g/mol. The molecule has 1 amide bonds. The van der Waals surface area contributed by atoms with E-state index in [1.165, 1.54) is 24.4 Å². The summed E-state index contributed by atoms with van der Waals surface area (Å²) in [5.41, 5.74) is -0.160. The first-order valence-corrected chi connectivity index (χ1v) is 4.87. The minimum atomic E-state index is -0.586. The van der Waals surface area contributed by atoms with Crippen molar-refractivity contribution in [2.24, 2.45) is 0 Å². The lowest BCUT2D eigenvalue weighted by Gasteiger charge is -2.06. The second-order valence-electron chi connectivity index (χ2n) is 3.33. The van der Waals surface area contributed by atoms with Gasteiger partial charge >= 0.3 is 0 Å². The van der Waals surface area contributed by atoms with Crippen molar-refractivity contribution >= 4 is 5.91 Å². The molecule has 2 aromatic rings. The van der Waals surface area contributed by atoms with Gasteiger partial charge in [-0.15, -0.1) is 0 Å². The van der Waals surface area contributed by atoms with Crippen LogP contribution in [0.2, 0.25) is 0 Å². The van der Waals surface area contributed by atoms with Crippen molar-refractivity contribution in [1.82, 2.24) is 10.5 Å². The Morgan fingerprint density at radius 2 is 2.00 bits per heavy atom. The van der Waals surface area contributed by atoms with Gasteiger partial charge in [0, 0.05) is 6.07 Å². The summed E-state index contributed by atoms with van der Waals surface area (Å²) in [6.45, 7) is 0.132. The largest absolute Gasteiger partial charge is 0.507 e. The van der Waals surface area contributed by atoms with Gasteiger partial charge in [-0.1, -0.05) is 11.2 Å². The highest BCUT2D eigenvalue weighted by atomic mass is 16.5. The van der Waals surface area contributed by atoms with E-state index in [0.717, 1.165) is 0 Å². The fraction of sp³-hybridized carbons (Fsp3) is 0.0909. The Morgan fingerprint density at radius 3 is 2.59 bits per heavy atom. The normalized spacial score (nSPS) is 10.1. The molecule has 1 aromatic carbocycles. The lowest BCUT2D eigenvalue weighted by atomic mass is 10.1. The Balaban J connectivity index is 2.10. The van der Waals surface area contributed by atoms with E-state index in [-0.39, 0.29) is 23.6 Å². The number of aromatic nitrogens is 1. The SMILES string of the molecule is O=C(NCc1ccno1)c1c(O)cccc1O. The molecule has 0 aliphatic rings. The molecule has 2 rings (SSSR count). The minimum absolute atomic E-state index is 0.132. The van der Waals surface area contributed by atoms with Crippen LogP contribution in [0.25, 0.3) is 0 Å². The molecule has 0 fully saturated rings. The number of amides is 1. The van der Waals surface area contributed by atoms with Crippen molar-refractivity contribution in [1.29, 1.82) is 0 Å². The molecule has 0 bridgehead atoms. The van der Waals surface area contributed by atoms with Crippen molar-refractivity contribution in [2.45, 2.75) is 6.54 Å². The van der Waals surface area contributed by atoms with E-state index in [4.69, 9.17) is 4.52 Å². The first kappa shape index (κ1) is 11.0.